The predicted molar refractivity (Wildman–Crippen MR) is 116 cm³/mol. The third kappa shape index (κ3) is 8.12. The average Bonchev–Trinajstić information content (AvgIpc) is 2.73. The lowest BCUT2D eigenvalue weighted by Gasteiger charge is -2.06. The van der Waals surface area contributed by atoms with Gasteiger partial charge >= 0.3 is 0 Å². The minimum Gasteiger partial charge on any atom is -0.594 e. The van der Waals surface area contributed by atoms with Crippen LogP contribution in [0.1, 0.15) is 70.8 Å². The van der Waals surface area contributed by atoms with E-state index in [1.165, 1.54) is 50.5 Å². The van der Waals surface area contributed by atoms with Crippen LogP contribution < -0.4 is 4.74 Å². The fourth-order valence-corrected chi connectivity index (χ4v) is 3.02. The van der Waals surface area contributed by atoms with E-state index in [0.717, 1.165) is 25.2 Å². The molecule has 0 N–H and O–H groups in total. The molecule has 0 radical (unpaired) electrons. The Balaban J connectivity index is 1.80. The lowest BCUT2D eigenvalue weighted by atomic mass is 10.1. The molecule has 4 nitrogen and oxygen atoms in total. The maximum Gasteiger partial charge on any atom is 0.245 e. The molecule has 0 aliphatic carbocycles. The van der Waals surface area contributed by atoms with E-state index in [-0.39, 0.29) is 0 Å². The third-order valence-corrected chi connectivity index (χ3v) is 4.79. The average molecular weight is 383 g/mol. The first kappa shape index (κ1) is 21.9. The van der Waals surface area contributed by atoms with Crippen LogP contribution in [0, 0.1) is 5.21 Å². The van der Waals surface area contributed by atoms with Crippen LogP contribution in [0.2, 0.25) is 0 Å². The van der Waals surface area contributed by atoms with Crippen molar-refractivity contribution in [3.05, 3.63) is 59.3 Å². The Morgan fingerprint density at radius 2 is 1.43 bits per heavy atom. The largest absolute Gasteiger partial charge is 0.594 e. The Morgan fingerprint density at radius 3 is 2.11 bits per heavy atom. The second-order valence-electron chi connectivity index (χ2n) is 7.25. The number of rotatable bonds is 13. The second kappa shape index (κ2) is 12.9. The molecule has 152 valence electrons. The maximum absolute atomic E-state index is 12.3. The van der Waals surface area contributed by atoms with E-state index in [0.29, 0.717) is 16.2 Å². The molecule has 0 amide bonds. The zero-order chi connectivity index (χ0) is 20.0. The Morgan fingerprint density at radius 1 is 0.786 bits per heavy atom. The van der Waals surface area contributed by atoms with Gasteiger partial charge in [0.1, 0.15) is 11.4 Å². The van der Waals surface area contributed by atoms with Gasteiger partial charge in [-0.15, -0.1) is 0 Å². The summed E-state index contributed by atoms with van der Waals surface area (Å²) in [4.78, 5) is 0.665. The normalized spacial score (nSPS) is 11.6. The Labute approximate surface area is 169 Å². The molecule has 0 fully saturated rings. The van der Waals surface area contributed by atoms with Crippen molar-refractivity contribution in [3.63, 3.8) is 0 Å². The number of unbranched alkanes of at least 4 members (excludes halogenated alkanes) is 6. The fourth-order valence-electron chi connectivity index (χ4n) is 3.02. The molecule has 2 aromatic rings. The van der Waals surface area contributed by atoms with Crippen molar-refractivity contribution >= 4 is 11.4 Å². The number of nitrogens with zero attached hydrogens (tertiary/aromatic N) is 2. The van der Waals surface area contributed by atoms with Crippen molar-refractivity contribution in [1.82, 2.24) is 0 Å². The number of hydrogen-bond acceptors (Lipinski definition) is 3. The van der Waals surface area contributed by atoms with E-state index in [9.17, 15) is 5.21 Å². The smallest absolute Gasteiger partial charge is 0.245 e. The van der Waals surface area contributed by atoms with Gasteiger partial charge in [0, 0.05) is 17.2 Å². The van der Waals surface area contributed by atoms with Crippen molar-refractivity contribution in [2.45, 2.75) is 71.6 Å². The van der Waals surface area contributed by atoms with Gasteiger partial charge in [0.25, 0.3) is 0 Å². The standard InChI is InChI=1S/C24H34N2O2/c1-3-5-7-8-9-10-20-28-24-18-16-23(17-19-24)26(27)25-22-14-12-21(13-15-22)11-6-4-2/h12-19H,3-11,20H2,1-2H3. The van der Waals surface area contributed by atoms with Gasteiger partial charge in [0.2, 0.25) is 5.69 Å². The lowest BCUT2D eigenvalue weighted by molar-refractivity contribution is -0.435. The number of azo groups is 1. The van der Waals surface area contributed by atoms with Crippen molar-refractivity contribution in [3.8, 4) is 5.75 Å². The molecule has 0 aromatic heterocycles. The Bertz CT molecular complexity index is 694. The predicted octanol–water partition coefficient (Wildman–Crippen LogP) is 7.69. The molecule has 4 heteroatoms. The molecule has 0 aliphatic heterocycles. The molecule has 0 saturated carbocycles. The van der Waals surface area contributed by atoms with Crippen LogP contribution in [-0.4, -0.2) is 11.5 Å². The van der Waals surface area contributed by atoms with Gasteiger partial charge in [-0.05, 0) is 49.1 Å². The Kier molecular flexibility index (Phi) is 10.1. The maximum atomic E-state index is 12.3. The highest BCUT2D eigenvalue weighted by Gasteiger charge is 2.05. The summed E-state index contributed by atoms with van der Waals surface area (Å²) in [5.41, 5.74) is 2.45. The van der Waals surface area contributed by atoms with Crippen LogP contribution in [0.25, 0.3) is 0 Å². The summed E-state index contributed by atoms with van der Waals surface area (Å²) in [5, 5.41) is 16.4. The minimum absolute atomic E-state index is 0.502. The summed E-state index contributed by atoms with van der Waals surface area (Å²) < 4.78 is 5.76. The highest BCUT2D eigenvalue weighted by Crippen LogP contribution is 2.21. The van der Waals surface area contributed by atoms with Crippen LogP contribution in [-0.2, 0) is 6.42 Å². The SMILES string of the molecule is CCCCCCCCOc1ccc([N+]([O-])=Nc2ccc(CCCC)cc2)cc1. The highest BCUT2D eigenvalue weighted by molar-refractivity contribution is 5.39. The van der Waals surface area contributed by atoms with Crippen LogP contribution in [0.3, 0.4) is 0 Å². The summed E-state index contributed by atoms with van der Waals surface area (Å²) in [6.45, 7) is 5.14. The van der Waals surface area contributed by atoms with Gasteiger partial charge in [0.05, 0.1) is 6.61 Å². The van der Waals surface area contributed by atoms with E-state index < -0.39 is 0 Å². The van der Waals surface area contributed by atoms with E-state index in [4.69, 9.17) is 4.74 Å². The first-order valence-electron chi connectivity index (χ1n) is 10.7. The van der Waals surface area contributed by atoms with E-state index in [1.54, 1.807) is 12.1 Å². The fraction of sp³-hybridized carbons (Fsp3) is 0.500. The van der Waals surface area contributed by atoms with Crippen molar-refractivity contribution in [2.24, 2.45) is 5.11 Å². The monoisotopic (exact) mass is 382 g/mol. The molecule has 0 spiro atoms. The lowest BCUT2D eigenvalue weighted by Crippen LogP contribution is -1.97. The minimum atomic E-state index is 0.502. The van der Waals surface area contributed by atoms with Gasteiger partial charge in [-0.1, -0.05) is 69.4 Å². The van der Waals surface area contributed by atoms with E-state index in [2.05, 4.69) is 19.0 Å². The third-order valence-electron chi connectivity index (χ3n) is 4.79. The zero-order valence-electron chi connectivity index (χ0n) is 17.4. The molecule has 2 aromatic carbocycles. The van der Waals surface area contributed by atoms with Crippen LogP contribution in [0.5, 0.6) is 5.75 Å². The summed E-state index contributed by atoms with van der Waals surface area (Å²) >= 11 is 0. The first-order valence-corrected chi connectivity index (χ1v) is 10.7. The topological polar surface area (TPSA) is 47.7 Å². The second-order valence-corrected chi connectivity index (χ2v) is 7.25. The van der Waals surface area contributed by atoms with Crippen molar-refractivity contribution in [1.29, 1.82) is 0 Å². The molecule has 2 rings (SSSR count). The van der Waals surface area contributed by atoms with Crippen molar-refractivity contribution < 1.29 is 9.60 Å². The number of aryl methyl sites for hydroxylation is 1. The molecule has 0 heterocycles. The summed E-state index contributed by atoms with van der Waals surface area (Å²) in [6.07, 6.45) is 10.9. The molecule has 0 saturated heterocycles. The molecule has 0 unspecified atom stereocenters. The molecule has 0 atom stereocenters. The molecule has 28 heavy (non-hydrogen) atoms. The summed E-state index contributed by atoms with van der Waals surface area (Å²) in [5.74, 6) is 0.797. The van der Waals surface area contributed by atoms with Gasteiger partial charge in [-0.3, -0.25) is 0 Å². The van der Waals surface area contributed by atoms with Crippen molar-refractivity contribution in [2.75, 3.05) is 6.61 Å². The van der Waals surface area contributed by atoms with Crippen LogP contribution in [0.15, 0.2) is 53.6 Å². The number of hydrogen-bond donors (Lipinski definition) is 0. The highest BCUT2D eigenvalue weighted by atomic mass is 16.5. The quantitative estimate of drug-likeness (QED) is 0.154. The van der Waals surface area contributed by atoms with E-state index in [1.807, 2.05) is 36.4 Å². The summed E-state index contributed by atoms with van der Waals surface area (Å²) in [7, 11) is 0. The first-order chi connectivity index (χ1) is 13.7. The number of benzene rings is 2. The van der Waals surface area contributed by atoms with Crippen LogP contribution >= 0.6 is 0 Å². The van der Waals surface area contributed by atoms with Gasteiger partial charge in [-0.25, -0.2) is 0 Å². The molecule has 0 bridgehead atoms. The summed E-state index contributed by atoms with van der Waals surface area (Å²) in [6, 6.07) is 15.1. The molecule has 0 aliphatic rings. The van der Waals surface area contributed by atoms with Gasteiger partial charge in [-0.2, -0.15) is 0 Å². The van der Waals surface area contributed by atoms with Crippen LogP contribution in [0.4, 0.5) is 11.4 Å². The number of ether oxygens (including phenoxy) is 1. The molecular weight excluding hydrogens is 348 g/mol. The van der Waals surface area contributed by atoms with Gasteiger partial charge in [0.15, 0.2) is 0 Å². The molecular formula is C24H34N2O2. The van der Waals surface area contributed by atoms with Gasteiger partial charge < -0.3 is 9.94 Å². The Hall–Kier alpha value is -2.36. The zero-order valence-corrected chi connectivity index (χ0v) is 17.4. The van der Waals surface area contributed by atoms with E-state index >= 15 is 0 Å².